The van der Waals surface area contributed by atoms with Crippen molar-refractivity contribution in [2.24, 2.45) is 0 Å². The summed E-state index contributed by atoms with van der Waals surface area (Å²) in [4.78, 5) is 18.3. The fourth-order valence-corrected chi connectivity index (χ4v) is 2.00. The first-order valence-electron chi connectivity index (χ1n) is 4.22. The van der Waals surface area contributed by atoms with Crippen LogP contribution in [0, 0.1) is 0 Å². The van der Waals surface area contributed by atoms with E-state index in [-0.39, 0.29) is 0 Å². The topological polar surface area (TPSA) is 75.1 Å². The van der Waals surface area contributed by atoms with Crippen LogP contribution in [-0.4, -0.2) is 21.2 Å². The van der Waals surface area contributed by atoms with Gasteiger partial charge in [-0.15, -0.1) is 11.3 Å². The van der Waals surface area contributed by atoms with Crippen LogP contribution in [-0.2, 0) is 0 Å². The monoisotopic (exact) mass is 255 g/mol. The minimum Gasteiger partial charge on any atom is -0.465 e. The first-order chi connectivity index (χ1) is 7.65. The van der Waals surface area contributed by atoms with E-state index in [0.717, 1.165) is 5.56 Å². The van der Waals surface area contributed by atoms with E-state index in [9.17, 15) is 4.79 Å². The van der Waals surface area contributed by atoms with E-state index in [1.165, 1.54) is 11.3 Å². The van der Waals surface area contributed by atoms with Gasteiger partial charge in [-0.2, -0.15) is 0 Å². The molecule has 0 spiro atoms. The van der Waals surface area contributed by atoms with Gasteiger partial charge in [-0.3, -0.25) is 5.32 Å². The van der Waals surface area contributed by atoms with Gasteiger partial charge >= 0.3 is 6.09 Å². The molecule has 0 aliphatic rings. The lowest BCUT2D eigenvalue weighted by Gasteiger charge is -1.96. The molecule has 0 aliphatic carbocycles. The summed E-state index contributed by atoms with van der Waals surface area (Å²) in [5, 5.41) is 13.1. The number of pyridine rings is 1. The number of hydrogen-bond donors (Lipinski definition) is 2. The fraction of sp³-hybridized carbons (Fsp3) is 0. The number of nitrogens with zero attached hydrogens (tertiary/aromatic N) is 2. The van der Waals surface area contributed by atoms with Crippen molar-refractivity contribution in [2.45, 2.75) is 0 Å². The average Bonchev–Trinajstić information content (AvgIpc) is 2.65. The highest BCUT2D eigenvalue weighted by Crippen LogP contribution is 2.25. The molecular formula is C9H6ClN3O2S. The maximum Gasteiger partial charge on any atom is 0.410 e. The van der Waals surface area contributed by atoms with Crippen LogP contribution >= 0.6 is 22.9 Å². The summed E-state index contributed by atoms with van der Waals surface area (Å²) in [7, 11) is 0. The Morgan fingerprint density at radius 3 is 3.06 bits per heavy atom. The van der Waals surface area contributed by atoms with E-state index < -0.39 is 6.09 Å². The maximum absolute atomic E-state index is 10.4. The summed E-state index contributed by atoms with van der Waals surface area (Å²) in [6.07, 6.45) is 0.440. The maximum atomic E-state index is 10.4. The fourth-order valence-electron chi connectivity index (χ4n) is 1.12. The van der Waals surface area contributed by atoms with Crippen LogP contribution in [0.15, 0.2) is 23.7 Å². The molecule has 0 saturated heterocycles. The highest BCUT2D eigenvalue weighted by Gasteiger charge is 2.06. The van der Waals surface area contributed by atoms with Crippen molar-refractivity contribution in [1.82, 2.24) is 9.97 Å². The lowest BCUT2D eigenvalue weighted by molar-refractivity contribution is 0.209. The van der Waals surface area contributed by atoms with Gasteiger partial charge in [-0.25, -0.2) is 14.8 Å². The molecular weight excluding hydrogens is 250 g/mol. The van der Waals surface area contributed by atoms with E-state index in [4.69, 9.17) is 16.7 Å². The summed E-state index contributed by atoms with van der Waals surface area (Å²) in [5.74, 6) is 0. The van der Waals surface area contributed by atoms with Gasteiger partial charge in [0.15, 0.2) is 5.13 Å². The van der Waals surface area contributed by atoms with Crippen LogP contribution in [0.3, 0.4) is 0 Å². The minimum atomic E-state index is -1.13. The van der Waals surface area contributed by atoms with E-state index in [1.54, 1.807) is 23.7 Å². The van der Waals surface area contributed by atoms with Gasteiger partial charge in [0, 0.05) is 17.1 Å². The first kappa shape index (κ1) is 10.8. The molecule has 2 aromatic heterocycles. The lowest BCUT2D eigenvalue weighted by Crippen LogP contribution is -2.06. The van der Waals surface area contributed by atoms with Gasteiger partial charge in [-0.1, -0.05) is 11.6 Å². The number of aromatic nitrogens is 2. The standard InChI is InChI=1S/C9H6ClN3O2S/c10-7-3-5(1-2-11-7)6-4-16-8(12-6)13-9(14)15/h1-4H,(H,12,13)(H,14,15). The molecule has 1 amide bonds. The molecule has 5 nitrogen and oxygen atoms in total. The number of rotatable bonds is 2. The van der Waals surface area contributed by atoms with E-state index in [1.807, 2.05) is 0 Å². The molecule has 0 fully saturated rings. The van der Waals surface area contributed by atoms with Crippen molar-refractivity contribution in [2.75, 3.05) is 5.32 Å². The molecule has 0 bridgehead atoms. The van der Waals surface area contributed by atoms with Crippen molar-refractivity contribution in [3.8, 4) is 11.3 Å². The quantitative estimate of drug-likeness (QED) is 0.809. The summed E-state index contributed by atoms with van der Waals surface area (Å²) >= 11 is 6.95. The van der Waals surface area contributed by atoms with Gasteiger partial charge in [0.2, 0.25) is 0 Å². The Hall–Kier alpha value is -1.66. The molecule has 16 heavy (non-hydrogen) atoms. The molecule has 0 saturated carbocycles. The molecule has 0 unspecified atom stereocenters. The number of thiazole rings is 1. The number of carboxylic acid groups (broad SMARTS) is 1. The Balaban J connectivity index is 2.28. The highest BCUT2D eigenvalue weighted by molar-refractivity contribution is 7.14. The molecule has 0 aliphatic heterocycles. The van der Waals surface area contributed by atoms with Crippen LogP contribution in [0.4, 0.5) is 9.93 Å². The number of amides is 1. The molecule has 0 aromatic carbocycles. The third kappa shape index (κ3) is 2.47. The number of nitrogens with one attached hydrogen (secondary N) is 1. The molecule has 0 radical (unpaired) electrons. The zero-order valence-electron chi connectivity index (χ0n) is 7.85. The second-order valence-corrected chi connectivity index (χ2v) is 4.08. The third-order valence-corrected chi connectivity index (χ3v) is 2.70. The van der Waals surface area contributed by atoms with E-state index in [2.05, 4.69) is 15.3 Å². The van der Waals surface area contributed by atoms with Crippen LogP contribution in [0.25, 0.3) is 11.3 Å². The van der Waals surface area contributed by atoms with E-state index >= 15 is 0 Å². The Bertz CT molecular complexity index is 529. The molecule has 0 atom stereocenters. The molecule has 2 heterocycles. The average molecular weight is 256 g/mol. The molecule has 82 valence electrons. The second-order valence-electron chi connectivity index (χ2n) is 2.84. The predicted molar refractivity (Wildman–Crippen MR) is 62.0 cm³/mol. The van der Waals surface area contributed by atoms with Crippen LogP contribution in [0.5, 0.6) is 0 Å². The van der Waals surface area contributed by atoms with Gasteiger partial charge in [0.25, 0.3) is 0 Å². The Morgan fingerprint density at radius 1 is 1.56 bits per heavy atom. The predicted octanol–water partition coefficient (Wildman–Crippen LogP) is 2.95. The zero-order valence-corrected chi connectivity index (χ0v) is 9.42. The van der Waals surface area contributed by atoms with Crippen molar-refractivity contribution < 1.29 is 9.90 Å². The number of hydrogen-bond acceptors (Lipinski definition) is 4. The SMILES string of the molecule is O=C(O)Nc1nc(-c2ccnc(Cl)c2)cs1. The van der Waals surface area contributed by atoms with Crippen LogP contribution in [0.1, 0.15) is 0 Å². The molecule has 2 N–H and O–H groups in total. The molecule has 2 aromatic rings. The van der Waals surface area contributed by atoms with Crippen molar-refractivity contribution >= 4 is 34.2 Å². The minimum absolute atomic E-state index is 0.329. The Morgan fingerprint density at radius 2 is 2.38 bits per heavy atom. The van der Waals surface area contributed by atoms with Crippen molar-refractivity contribution in [1.29, 1.82) is 0 Å². The Kier molecular flexibility index (Phi) is 3.02. The second kappa shape index (κ2) is 4.46. The summed E-state index contributed by atoms with van der Waals surface area (Å²) in [6.45, 7) is 0. The van der Waals surface area contributed by atoms with Gasteiger partial charge in [-0.05, 0) is 12.1 Å². The summed E-state index contributed by atoms with van der Waals surface area (Å²) in [5.41, 5.74) is 1.47. The lowest BCUT2D eigenvalue weighted by atomic mass is 10.2. The number of carbonyl (C=O) groups is 1. The highest BCUT2D eigenvalue weighted by atomic mass is 35.5. The zero-order chi connectivity index (χ0) is 11.5. The van der Waals surface area contributed by atoms with Crippen LogP contribution in [0.2, 0.25) is 5.15 Å². The number of anilines is 1. The van der Waals surface area contributed by atoms with Crippen LogP contribution < -0.4 is 5.32 Å². The first-order valence-corrected chi connectivity index (χ1v) is 5.48. The van der Waals surface area contributed by atoms with E-state index in [0.29, 0.717) is 16.0 Å². The molecule has 7 heteroatoms. The smallest absolute Gasteiger partial charge is 0.410 e. The van der Waals surface area contributed by atoms with Gasteiger partial charge in [0.1, 0.15) is 5.15 Å². The van der Waals surface area contributed by atoms with Crippen molar-refractivity contribution in [3.05, 3.63) is 28.9 Å². The van der Waals surface area contributed by atoms with Gasteiger partial charge in [0.05, 0.1) is 5.69 Å². The van der Waals surface area contributed by atoms with Crippen molar-refractivity contribution in [3.63, 3.8) is 0 Å². The normalized spacial score (nSPS) is 10.1. The van der Waals surface area contributed by atoms with Gasteiger partial charge < -0.3 is 5.11 Å². The summed E-state index contributed by atoms with van der Waals surface area (Å²) in [6, 6.07) is 3.42. The summed E-state index contributed by atoms with van der Waals surface area (Å²) < 4.78 is 0. The Labute approximate surface area is 99.7 Å². The number of halogens is 1. The third-order valence-electron chi connectivity index (χ3n) is 1.74. The molecule has 2 rings (SSSR count). The largest absolute Gasteiger partial charge is 0.465 e.